The highest BCUT2D eigenvalue weighted by atomic mass is 16.6. The van der Waals surface area contributed by atoms with E-state index >= 15 is 0 Å². The molecule has 36 nitrogen and oxygen atoms in total. The van der Waals surface area contributed by atoms with Crippen LogP contribution >= 0.6 is 0 Å². The lowest BCUT2D eigenvalue weighted by Crippen LogP contribution is -2.61. The van der Waals surface area contributed by atoms with Crippen LogP contribution in [0.2, 0.25) is 0 Å². The number of carbonyl (C=O) groups excluding carboxylic acids is 6. The molecule has 5 aliphatic rings. The largest absolute Gasteiger partial charge is 0.459 e. The van der Waals surface area contributed by atoms with Gasteiger partial charge in [-0.15, -0.1) is 5.10 Å². The summed E-state index contributed by atoms with van der Waals surface area (Å²) in [5.41, 5.74) is 24.5. The van der Waals surface area contributed by atoms with Crippen LogP contribution in [0.15, 0.2) is 82.7 Å². The van der Waals surface area contributed by atoms with Gasteiger partial charge in [-0.3, -0.25) is 24.0 Å². The standard InChI is InChI=1S/C92H139N13O23/c1-60-17-11-10-12-18-61(2)77(114-7)54-70-24-21-65(6)92(113,128-70)86(110)89(111)104-29-15-13-20-73(104)90(112)126-78(55-74(106)62(3)50-64(5)84(109)85(116-9)83(108)63(4)49-60)71(93)51-66-22-25-76(79(52-66)115-8)125-32-16-14-19-69-58-103(101-99-69)31-34-118-36-38-120-40-42-122-44-46-124-48-47-123-45-43-121-41-39-119-37-35-117-33-28-80(107)102-30-27-67(56-102)57-105-88-81(87(94)96-59-97-88)82(100-105)68-23-26-75-72(53-68)98-91(95)127-75/h10-12,17-18,23,26,50,53,58-60,62-63,65-67,70-71,73,76-79,84-85,109,113H,13-16,19-22,24-25,27-49,51-52,54-57,93H2,1-9H3,(H2,95,98)(H2,94,96,97)/b12-10?,17-11+,61-18?,64-50+/t60-,62-,63-,65-,66+,67?,70+,71-,73+,76-,77+,78+,79-,84-,85+,92-/m1/s1. The minimum atomic E-state index is -2.48. The van der Waals surface area contributed by atoms with E-state index in [-0.39, 0.29) is 85.7 Å². The Hall–Kier alpha value is -8.28. The number of allylic oxidation sites excluding steroid dienone is 6. The summed E-state index contributed by atoms with van der Waals surface area (Å²) in [6.45, 7) is 20.2. The molecule has 128 heavy (non-hydrogen) atoms. The number of Topliss-reactive ketones (excluding diaryl/α,β-unsaturated/α-hetero) is 3. The number of aryl methyl sites for hydroxylation is 1. The Balaban J connectivity index is 0.546. The van der Waals surface area contributed by atoms with Crippen LogP contribution in [0.1, 0.15) is 150 Å². The van der Waals surface area contributed by atoms with Gasteiger partial charge in [0.05, 0.1) is 154 Å². The van der Waals surface area contributed by atoms with Crippen LogP contribution in [-0.2, 0) is 115 Å². The van der Waals surface area contributed by atoms with Crippen molar-refractivity contribution < 1.29 is 110 Å². The maximum atomic E-state index is 14.7. The SMILES string of the molecule is CO[C@H]1C[C@@H]2CC[C@@H](C)[C@@](O)(O2)C(=O)C(=O)N2CCCC[C@H]2C(=O)O[C@H]([C@H](N)C[C@@H]2CC[C@@H](OCCCCc3cn(CCOCCOCCOCCOCCOCCOCCOCCOCCC(=O)N4CCC(Cn5nc(-c6ccc7oc(N)nc7c6)c6c(N)ncnc65)C4)nn3)[C@H](OC)C2)CC(=O)[C@H](C)/C=C(\C)[C@@H](O)[C@@H](OC)C(=O)[C@H](C)C[C@H](C)/C=C/C=CC=C1C. The molecule has 5 aromatic rings. The second-order valence-electron chi connectivity index (χ2n) is 34.4. The number of rotatable bonds is 42. The number of nitrogens with zero attached hydrogens (tertiary/aromatic N) is 10. The fraction of sp³-hybridized carbons (Fsp3) is 0.696. The third-order valence-corrected chi connectivity index (χ3v) is 24.8. The zero-order valence-corrected chi connectivity index (χ0v) is 76.3. The van der Waals surface area contributed by atoms with Crippen LogP contribution in [0, 0.1) is 35.5 Å². The van der Waals surface area contributed by atoms with Crippen LogP contribution in [0.5, 0.6) is 0 Å². The van der Waals surface area contributed by atoms with E-state index in [1.54, 1.807) is 58.7 Å². The van der Waals surface area contributed by atoms with E-state index in [2.05, 4.69) is 25.3 Å². The molecule has 8 N–H and O–H groups in total. The number of methoxy groups -OCH3 is 3. The van der Waals surface area contributed by atoms with Gasteiger partial charge in [-0.2, -0.15) is 10.1 Å². The highest BCUT2D eigenvalue weighted by Gasteiger charge is 2.53. The topological polar surface area (TPSA) is 457 Å². The Morgan fingerprint density at radius 1 is 0.711 bits per heavy atom. The number of piperidine rings is 1. The minimum absolute atomic E-state index is 0.0146. The maximum absolute atomic E-state index is 14.7. The van der Waals surface area contributed by atoms with Gasteiger partial charge < -0.3 is 108 Å². The van der Waals surface area contributed by atoms with Crippen molar-refractivity contribution in [1.82, 2.24) is 49.5 Å². The van der Waals surface area contributed by atoms with Gasteiger partial charge in [0, 0.05) is 103 Å². The molecule has 2 amide bonds. The van der Waals surface area contributed by atoms with Crippen molar-refractivity contribution >= 4 is 69.1 Å². The number of anilines is 2. The van der Waals surface area contributed by atoms with Gasteiger partial charge in [0.2, 0.25) is 11.7 Å². The zero-order chi connectivity index (χ0) is 91.5. The van der Waals surface area contributed by atoms with E-state index in [0.29, 0.717) is 236 Å². The molecule has 2 bridgehead atoms. The van der Waals surface area contributed by atoms with E-state index in [9.17, 15) is 39.0 Å². The Kier molecular flexibility index (Phi) is 41.9. The molecule has 4 fully saturated rings. The Morgan fingerprint density at radius 3 is 2.08 bits per heavy atom. The van der Waals surface area contributed by atoms with Crippen molar-refractivity contribution in [3.63, 3.8) is 0 Å². The van der Waals surface area contributed by atoms with Gasteiger partial charge in [-0.05, 0) is 151 Å². The Labute approximate surface area is 750 Å². The molecule has 4 aliphatic heterocycles. The molecule has 1 saturated carbocycles. The van der Waals surface area contributed by atoms with Gasteiger partial charge >= 0.3 is 5.97 Å². The number of aliphatic hydroxyl groups excluding tert-OH is 1. The molecule has 710 valence electrons. The van der Waals surface area contributed by atoms with Crippen molar-refractivity contribution in [1.29, 1.82) is 0 Å². The monoisotopic (exact) mass is 1790 g/mol. The van der Waals surface area contributed by atoms with Crippen molar-refractivity contribution in [3.05, 3.63) is 84.0 Å². The molecule has 4 aromatic heterocycles. The first-order chi connectivity index (χ1) is 61.9. The van der Waals surface area contributed by atoms with Crippen LogP contribution in [0.3, 0.4) is 0 Å². The molecule has 1 unspecified atom stereocenters. The van der Waals surface area contributed by atoms with Crippen LogP contribution in [0.4, 0.5) is 11.8 Å². The number of ketones is 3. The van der Waals surface area contributed by atoms with Crippen LogP contribution in [0.25, 0.3) is 33.4 Å². The molecule has 3 saturated heterocycles. The number of nitrogens with two attached hydrogens (primary N) is 3. The van der Waals surface area contributed by atoms with E-state index < -0.39 is 83.8 Å². The number of aromatic nitrogens is 8. The van der Waals surface area contributed by atoms with Crippen molar-refractivity contribution in [2.45, 2.75) is 224 Å². The number of unbranched alkanes of at least 4 members (excludes halogenated alkanes) is 1. The Bertz CT molecular complexity index is 4420. The second-order valence-corrected chi connectivity index (χ2v) is 34.4. The third kappa shape index (κ3) is 30.4. The van der Waals surface area contributed by atoms with Crippen LogP contribution in [-0.4, -0.2) is 309 Å². The summed E-state index contributed by atoms with van der Waals surface area (Å²) in [7, 11) is 4.59. The number of carbonyl (C=O) groups is 6. The molecule has 16 atom stereocenters. The molecule has 8 heterocycles. The quantitative estimate of drug-likeness (QED) is 0.0108. The third-order valence-electron chi connectivity index (χ3n) is 24.8. The van der Waals surface area contributed by atoms with Crippen molar-refractivity contribution in [3.8, 4) is 11.3 Å². The number of likely N-dealkylation sites (tertiary alicyclic amines) is 1. The fourth-order valence-corrected chi connectivity index (χ4v) is 17.3. The number of oxazole rings is 1. The van der Waals surface area contributed by atoms with Crippen molar-refractivity contribution in [2.75, 3.05) is 165 Å². The van der Waals surface area contributed by atoms with Gasteiger partial charge in [0.25, 0.3) is 17.7 Å². The normalized spacial score (nSPS) is 27.0. The summed E-state index contributed by atoms with van der Waals surface area (Å²) < 4.78 is 90.9. The number of ether oxygens (including phenoxy) is 14. The van der Waals surface area contributed by atoms with Gasteiger partial charge in [0.15, 0.2) is 17.0 Å². The van der Waals surface area contributed by atoms with Crippen molar-refractivity contribution in [2.24, 2.45) is 41.2 Å². The molecular weight excluding hydrogens is 1660 g/mol. The van der Waals surface area contributed by atoms with Gasteiger partial charge in [-0.25, -0.2) is 24.1 Å². The molecule has 1 aliphatic carbocycles. The highest BCUT2D eigenvalue weighted by Crippen LogP contribution is 2.39. The molecule has 1 aromatic carbocycles. The molecular formula is C92H139N13O23. The van der Waals surface area contributed by atoms with Crippen LogP contribution < -0.4 is 17.2 Å². The lowest BCUT2D eigenvalue weighted by Gasteiger charge is -2.42. The number of hydrogen-bond acceptors (Lipinski definition) is 32. The van der Waals surface area contributed by atoms with E-state index in [1.807, 2.05) is 72.1 Å². The van der Waals surface area contributed by atoms with E-state index in [4.69, 9.17) is 93.0 Å². The summed E-state index contributed by atoms with van der Waals surface area (Å²) in [5, 5.41) is 38.0. The number of cyclic esters (lactones) is 1. The first-order valence-corrected chi connectivity index (χ1v) is 45.6. The molecule has 10 rings (SSSR count). The zero-order valence-electron chi connectivity index (χ0n) is 76.3. The summed E-state index contributed by atoms with van der Waals surface area (Å²) in [6.07, 6.45) is 17.4. The molecule has 0 radical (unpaired) electrons. The number of benzene rings is 1. The summed E-state index contributed by atoms with van der Waals surface area (Å²) in [4.78, 5) is 101. The predicted octanol–water partition coefficient (Wildman–Crippen LogP) is 7.69. The number of amides is 2. The minimum Gasteiger partial charge on any atom is -0.459 e. The molecule has 0 spiro atoms. The highest BCUT2D eigenvalue weighted by molar-refractivity contribution is 6.39. The average molecular weight is 1800 g/mol. The van der Waals surface area contributed by atoms with E-state index in [0.717, 1.165) is 42.5 Å². The lowest BCUT2D eigenvalue weighted by atomic mass is 9.80. The predicted molar refractivity (Wildman–Crippen MR) is 474 cm³/mol. The maximum Gasteiger partial charge on any atom is 0.329 e. The van der Waals surface area contributed by atoms with E-state index in [1.165, 1.54) is 18.3 Å². The summed E-state index contributed by atoms with van der Waals surface area (Å²) >= 11 is 0. The number of hydrogen-bond donors (Lipinski definition) is 5. The summed E-state index contributed by atoms with van der Waals surface area (Å²) in [5.74, 6) is -7.74. The lowest BCUT2D eigenvalue weighted by molar-refractivity contribution is -0.265. The smallest absolute Gasteiger partial charge is 0.329 e. The number of fused-ring (bicyclic) bond motifs is 5. The Morgan fingerprint density at radius 2 is 1.40 bits per heavy atom. The number of nitrogen functional groups attached to an aromatic ring is 2. The summed E-state index contributed by atoms with van der Waals surface area (Å²) in [6, 6.07) is 3.51. The second kappa shape index (κ2) is 52.7. The molecule has 36 heteroatoms. The fourth-order valence-electron chi connectivity index (χ4n) is 17.3. The average Bonchev–Trinajstić information content (AvgIpc) is 1.19. The van der Waals surface area contributed by atoms with Gasteiger partial charge in [-0.1, -0.05) is 69.4 Å². The first kappa shape index (κ1) is 102. The number of aliphatic hydroxyl groups is 2. The van der Waals surface area contributed by atoms with Gasteiger partial charge in [0.1, 0.15) is 53.5 Å². The number of esters is 1. The first-order valence-electron chi connectivity index (χ1n) is 45.6.